The summed E-state index contributed by atoms with van der Waals surface area (Å²) in [6.07, 6.45) is 2.26. The van der Waals surface area contributed by atoms with Crippen molar-refractivity contribution in [2.45, 2.75) is 25.4 Å². The third-order valence-corrected chi connectivity index (χ3v) is 3.54. The zero-order valence-electron chi connectivity index (χ0n) is 8.23. The van der Waals surface area contributed by atoms with Crippen LogP contribution in [0.25, 0.3) is 0 Å². The van der Waals surface area contributed by atoms with Gasteiger partial charge < -0.3 is 10.6 Å². The van der Waals surface area contributed by atoms with Gasteiger partial charge in [-0.3, -0.25) is 4.79 Å². The van der Waals surface area contributed by atoms with Gasteiger partial charge in [0.15, 0.2) is 0 Å². The van der Waals surface area contributed by atoms with Gasteiger partial charge in [-0.25, -0.2) is 4.98 Å². The van der Waals surface area contributed by atoms with Gasteiger partial charge in [0, 0.05) is 30.6 Å². The SMILES string of the molecule is Cc1ncc(C2C(N)CC(=O)N2C)s1. The van der Waals surface area contributed by atoms with Crippen molar-refractivity contribution >= 4 is 17.2 Å². The van der Waals surface area contributed by atoms with Gasteiger partial charge >= 0.3 is 0 Å². The quantitative estimate of drug-likeness (QED) is 0.743. The van der Waals surface area contributed by atoms with E-state index >= 15 is 0 Å². The van der Waals surface area contributed by atoms with Gasteiger partial charge in [0.1, 0.15) is 0 Å². The van der Waals surface area contributed by atoms with Crippen LogP contribution in [0.3, 0.4) is 0 Å². The molecule has 4 nitrogen and oxygen atoms in total. The number of thiazole rings is 1. The highest BCUT2D eigenvalue weighted by molar-refractivity contribution is 7.11. The topological polar surface area (TPSA) is 59.2 Å². The molecular weight excluding hydrogens is 198 g/mol. The highest BCUT2D eigenvalue weighted by Crippen LogP contribution is 2.33. The summed E-state index contributed by atoms with van der Waals surface area (Å²) in [5, 5.41) is 1.01. The molecule has 0 spiro atoms. The van der Waals surface area contributed by atoms with E-state index in [1.807, 2.05) is 13.1 Å². The number of aromatic nitrogens is 1. The van der Waals surface area contributed by atoms with E-state index in [2.05, 4.69) is 4.98 Å². The molecule has 0 aliphatic carbocycles. The monoisotopic (exact) mass is 211 g/mol. The van der Waals surface area contributed by atoms with Crippen molar-refractivity contribution in [1.29, 1.82) is 0 Å². The van der Waals surface area contributed by atoms with Crippen LogP contribution in [0.5, 0.6) is 0 Å². The molecule has 1 aliphatic heterocycles. The summed E-state index contributed by atoms with van der Waals surface area (Å²) in [5.74, 6) is 0.119. The van der Waals surface area contributed by atoms with Crippen LogP contribution in [0.4, 0.5) is 0 Å². The van der Waals surface area contributed by atoms with Crippen LogP contribution in [-0.2, 0) is 4.79 Å². The number of likely N-dealkylation sites (tertiary alicyclic amines) is 1. The molecule has 0 saturated carbocycles. The molecule has 5 heteroatoms. The lowest BCUT2D eigenvalue weighted by atomic mass is 10.1. The summed E-state index contributed by atoms with van der Waals surface area (Å²) >= 11 is 1.61. The van der Waals surface area contributed by atoms with E-state index in [1.54, 1.807) is 23.3 Å². The summed E-state index contributed by atoms with van der Waals surface area (Å²) in [7, 11) is 1.80. The molecule has 1 aromatic heterocycles. The Bertz CT molecular complexity index is 363. The predicted molar refractivity (Wildman–Crippen MR) is 55.0 cm³/mol. The number of likely N-dealkylation sites (N-methyl/N-ethyl adjacent to an activating group) is 1. The number of rotatable bonds is 1. The first kappa shape index (κ1) is 9.61. The summed E-state index contributed by atoms with van der Waals surface area (Å²) in [6, 6.07) is -0.0685. The van der Waals surface area contributed by atoms with Crippen molar-refractivity contribution in [3.8, 4) is 0 Å². The molecule has 1 aromatic rings. The van der Waals surface area contributed by atoms with Gasteiger partial charge in [-0.05, 0) is 6.92 Å². The average molecular weight is 211 g/mol. The van der Waals surface area contributed by atoms with Gasteiger partial charge in [-0.15, -0.1) is 11.3 Å². The third kappa shape index (κ3) is 1.42. The van der Waals surface area contributed by atoms with Crippen molar-refractivity contribution in [2.24, 2.45) is 5.73 Å². The summed E-state index contributed by atoms with van der Waals surface area (Å²) in [6.45, 7) is 1.95. The number of amides is 1. The third-order valence-electron chi connectivity index (χ3n) is 2.56. The molecule has 0 radical (unpaired) electrons. The van der Waals surface area contributed by atoms with E-state index < -0.39 is 0 Å². The number of hydrogen-bond donors (Lipinski definition) is 1. The fraction of sp³-hybridized carbons (Fsp3) is 0.556. The molecule has 0 aromatic carbocycles. The van der Waals surface area contributed by atoms with E-state index in [0.29, 0.717) is 6.42 Å². The number of aryl methyl sites for hydroxylation is 1. The number of nitrogens with zero attached hydrogens (tertiary/aromatic N) is 2. The fourth-order valence-corrected chi connectivity index (χ4v) is 2.82. The lowest BCUT2D eigenvalue weighted by Gasteiger charge is -2.20. The summed E-state index contributed by atoms with van der Waals surface area (Å²) < 4.78 is 0. The van der Waals surface area contributed by atoms with Crippen molar-refractivity contribution in [1.82, 2.24) is 9.88 Å². The first-order valence-electron chi connectivity index (χ1n) is 4.53. The van der Waals surface area contributed by atoms with E-state index in [-0.39, 0.29) is 18.0 Å². The van der Waals surface area contributed by atoms with Gasteiger partial charge in [0.05, 0.1) is 11.0 Å². The maximum atomic E-state index is 11.4. The second-order valence-corrected chi connectivity index (χ2v) is 4.87. The normalized spacial score (nSPS) is 27.4. The van der Waals surface area contributed by atoms with Gasteiger partial charge in [-0.2, -0.15) is 0 Å². The van der Waals surface area contributed by atoms with Crippen LogP contribution < -0.4 is 5.73 Å². The van der Waals surface area contributed by atoms with E-state index in [0.717, 1.165) is 9.88 Å². The van der Waals surface area contributed by atoms with Crippen LogP contribution in [0.1, 0.15) is 22.3 Å². The second kappa shape index (κ2) is 3.33. The molecule has 1 saturated heterocycles. The fourth-order valence-electron chi connectivity index (χ4n) is 1.82. The molecule has 1 amide bonds. The Morgan fingerprint density at radius 1 is 1.71 bits per heavy atom. The second-order valence-electron chi connectivity index (χ2n) is 3.60. The highest BCUT2D eigenvalue weighted by atomic mass is 32.1. The van der Waals surface area contributed by atoms with Crippen LogP contribution in [-0.4, -0.2) is 28.9 Å². The molecule has 1 aliphatic rings. The first-order chi connectivity index (χ1) is 6.59. The lowest BCUT2D eigenvalue weighted by molar-refractivity contribution is -0.127. The lowest BCUT2D eigenvalue weighted by Crippen LogP contribution is -2.29. The first-order valence-corrected chi connectivity index (χ1v) is 5.35. The van der Waals surface area contributed by atoms with Gasteiger partial charge in [-0.1, -0.05) is 0 Å². The molecule has 14 heavy (non-hydrogen) atoms. The van der Waals surface area contributed by atoms with Crippen molar-refractivity contribution < 1.29 is 4.79 Å². The van der Waals surface area contributed by atoms with Crippen LogP contribution in [0.15, 0.2) is 6.20 Å². The van der Waals surface area contributed by atoms with Crippen LogP contribution >= 0.6 is 11.3 Å². The Morgan fingerprint density at radius 2 is 2.43 bits per heavy atom. The Kier molecular flexibility index (Phi) is 2.28. The molecule has 1 fully saturated rings. The smallest absolute Gasteiger partial charge is 0.224 e. The molecular formula is C9H13N3OS. The summed E-state index contributed by atoms with van der Waals surface area (Å²) in [4.78, 5) is 18.4. The molecule has 2 unspecified atom stereocenters. The van der Waals surface area contributed by atoms with E-state index in [1.165, 1.54) is 0 Å². The average Bonchev–Trinajstić information content (AvgIpc) is 2.60. The Morgan fingerprint density at radius 3 is 2.86 bits per heavy atom. The molecule has 2 heterocycles. The predicted octanol–water partition coefficient (Wildman–Crippen LogP) is 0.682. The largest absolute Gasteiger partial charge is 0.336 e. The number of hydrogen-bond acceptors (Lipinski definition) is 4. The molecule has 2 N–H and O–H groups in total. The zero-order valence-corrected chi connectivity index (χ0v) is 9.04. The minimum Gasteiger partial charge on any atom is -0.336 e. The number of carbonyl (C=O) groups excluding carboxylic acids is 1. The number of nitrogens with two attached hydrogens (primary N) is 1. The minimum atomic E-state index is -0.0904. The minimum absolute atomic E-state index is 0.0219. The highest BCUT2D eigenvalue weighted by Gasteiger charge is 2.37. The zero-order chi connectivity index (χ0) is 10.3. The van der Waals surface area contributed by atoms with Gasteiger partial charge in [0.25, 0.3) is 0 Å². The molecule has 2 rings (SSSR count). The standard InChI is InChI=1S/C9H13N3OS/c1-5-11-4-7(14-5)9-6(10)3-8(13)12(9)2/h4,6,9H,3,10H2,1-2H3. The Balaban J connectivity index is 2.30. The molecule has 0 bridgehead atoms. The van der Waals surface area contributed by atoms with Crippen molar-refractivity contribution in [2.75, 3.05) is 7.05 Å². The van der Waals surface area contributed by atoms with Crippen LogP contribution in [0.2, 0.25) is 0 Å². The Labute approximate surface area is 86.7 Å². The van der Waals surface area contributed by atoms with Crippen molar-refractivity contribution in [3.05, 3.63) is 16.1 Å². The van der Waals surface area contributed by atoms with Crippen molar-refractivity contribution in [3.63, 3.8) is 0 Å². The number of carbonyl (C=O) groups is 1. The summed E-state index contributed by atoms with van der Waals surface area (Å²) in [5.41, 5.74) is 5.92. The molecule has 2 atom stereocenters. The van der Waals surface area contributed by atoms with Crippen LogP contribution in [0, 0.1) is 6.92 Å². The van der Waals surface area contributed by atoms with E-state index in [4.69, 9.17) is 5.73 Å². The van der Waals surface area contributed by atoms with Gasteiger partial charge in [0.2, 0.25) is 5.91 Å². The Hall–Kier alpha value is -0.940. The maximum Gasteiger partial charge on any atom is 0.224 e. The molecule has 76 valence electrons. The van der Waals surface area contributed by atoms with E-state index in [9.17, 15) is 4.79 Å². The maximum absolute atomic E-state index is 11.4.